The molecule has 29 heavy (non-hydrogen) atoms. The molecular weight excluding hydrogens is 392 g/mol. The van der Waals surface area contributed by atoms with E-state index in [-0.39, 0.29) is 11.7 Å². The van der Waals surface area contributed by atoms with Crippen LogP contribution in [0.3, 0.4) is 0 Å². The molecule has 2 rings (SSSR count). The van der Waals surface area contributed by atoms with E-state index in [1.54, 1.807) is 0 Å². The van der Waals surface area contributed by atoms with Crippen LogP contribution in [0.1, 0.15) is 25.8 Å². The summed E-state index contributed by atoms with van der Waals surface area (Å²) in [6.45, 7) is 3.82. The molecule has 2 amide bonds. The zero-order valence-electron chi connectivity index (χ0n) is 16.5. The van der Waals surface area contributed by atoms with Crippen LogP contribution in [-0.4, -0.2) is 51.8 Å². The molecule has 0 fully saturated rings. The minimum atomic E-state index is -1.18. The van der Waals surface area contributed by atoms with Gasteiger partial charge in [0, 0.05) is 22.9 Å². The molecule has 0 spiro atoms. The van der Waals surface area contributed by atoms with Crippen molar-refractivity contribution in [1.82, 2.24) is 15.6 Å². The van der Waals surface area contributed by atoms with Crippen molar-refractivity contribution in [3.8, 4) is 0 Å². The lowest BCUT2D eigenvalue weighted by Crippen LogP contribution is -2.55. The summed E-state index contributed by atoms with van der Waals surface area (Å²) >= 11 is 3.94. The summed E-state index contributed by atoms with van der Waals surface area (Å²) in [6.07, 6.45) is 2.48. The molecule has 8 nitrogen and oxygen atoms in total. The highest BCUT2D eigenvalue weighted by Gasteiger charge is 2.28. The summed E-state index contributed by atoms with van der Waals surface area (Å²) in [5.74, 6) is -2.15. The zero-order valence-corrected chi connectivity index (χ0v) is 17.4. The van der Waals surface area contributed by atoms with Crippen LogP contribution in [0.2, 0.25) is 0 Å². The van der Waals surface area contributed by atoms with Crippen molar-refractivity contribution in [1.29, 1.82) is 0 Å². The number of amides is 2. The van der Waals surface area contributed by atoms with E-state index in [0.29, 0.717) is 12.8 Å². The number of hydrogen-bond acceptors (Lipinski definition) is 5. The van der Waals surface area contributed by atoms with Crippen molar-refractivity contribution in [2.75, 3.05) is 5.75 Å². The standard InChI is InChI=1S/C20H28N4O4S/c1-11(2)7-16(19(26)24-17(10-29)20(27)28)23-18(25)14(21)8-12-9-22-15-6-4-3-5-13(12)15/h3-6,9,11,14,16-17,22,29H,7-8,10,21H2,1-2H3,(H,23,25)(H,24,26)(H,27,28). The third-order valence-electron chi connectivity index (χ3n) is 4.59. The number of carbonyl (C=O) groups is 3. The largest absolute Gasteiger partial charge is 0.480 e. The molecule has 1 heterocycles. The number of thiol groups is 1. The Balaban J connectivity index is 2.06. The van der Waals surface area contributed by atoms with Gasteiger partial charge in [-0.25, -0.2) is 4.79 Å². The van der Waals surface area contributed by atoms with Crippen LogP contribution in [0.4, 0.5) is 0 Å². The van der Waals surface area contributed by atoms with Gasteiger partial charge in [-0.3, -0.25) is 9.59 Å². The number of aromatic amines is 1. The van der Waals surface area contributed by atoms with Gasteiger partial charge in [-0.2, -0.15) is 12.6 Å². The second-order valence-corrected chi connectivity index (χ2v) is 7.81. The minimum Gasteiger partial charge on any atom is -0.480 e. The van der Waals surface area contributed by atoms with E-state index in [9.17, 15) is 14.4 Å². The maximum atomic E-state index is 12.6. The number of carbonyl (C=O) groups excluding carboxylic acids is 2. The number of nitrogens with one attached hydrogen (secondary N) is 3. The molecule has 1 aromatic carbocycles. The third-order valence-corrected chi connectivity index (χ3v) is 4.95. The summed E-state index contributed by atoms with van der Waals surface area (Å²) < 4.78 is 0. The molecule has 0 saturated carbocycles. The quantitative estimate of drug-likeness (QED) is 0.319. The number of benzene rings is 1. The van der Waals surface area contributed by atoms with E-state index in [0.717, 1.165) is 16.5 Å². The number of carboxylic acids is 1. The average molecular weight is 421 g/mol. The van der Waals surface area contributed by atoms with Gasteiger partial charge in [0.1, 0.15) is 12.1 Å². The van der Waals surface area contributed by atoms with Crippen LogP contribution >= 0.6 is 12.6 Å². The fourth-order valence-electron chi connectivity index (χ4n) is 3.07. The molecule has 0 aliphatic carbocycles. The van der Waals surface area contributed by atoms with E-state index < -0.39 is 35.9 Å². The van der Waals surface area contributed by atoms with Crippen LogP contribution < -0.4 is 16.4 Å². The third kappa shape index (κ3) is 6.23. The van der Waals surface area contributed by atoms with Crippen LogP contribution in [0.25, 0.3) is 10.9 Å². The fraction of sp³-hybridized carbons (Fsp3) is 0.450. The lowest BCUT2D eigenvalue weighted by Gasteiger charge is -2.23. The lowest BCUT2D eigenvalue weighted by atomic mass is 10.0. The van der Waals surface area contributed by atoms with Crippen LogP contribution in [0.15, 0.2) is 30.5 Å². The van der Waals surface area contributed by atoms with E-state index in [4.69, 9.17) is 10.8 Å². The topological polar surface area (TPSA) is 137 Å². The van der Waals surface area contributed by atoms with Crippen molar-refractivity contribution in [3.63, 3.8) is 0 Å². The number of aromatic nitrogens is 1. The number of carboxylic acid groups (broad SMARTS) is 1. The predicted molar refractivity (Wildman–Crippen MR) is 115 cm³/mol. The summed E-state index contributed by atoms with van der Waals surface area (Å²) in [6, 6.07) is 4.86. The Morgan fingerprint density at radius 2 is 1.79 bits per heavy atom. The highest BCUT2D eigenvalue weighted by Crippen LogP contribution is 2.19. The number of para-hydroxylation sites is 1. The van der Waals surface area contributed by atoms with Crippen molar-refractivity contribution >= 4 is 41.3 Å². The molecule has 0 radical (unpaired) electrons. The van der Waals surface area contributed by atoms with E-state index in [1.165, 1.54) is 0 Å². The summed E-state index contributed by atoms with van der Waals surface area (Å²) in [5, 5.41) is 15.2. The molecule has 9 heteroatoms. The van der Waals surface area contributed by atoms with Gasteiger partial charge in [0.2, 0.25) is 11.8 Å². The first kappa shape index (κ1) is 22.8. The number of aliphatic carboxylic acids is 1. The molecule has 0 aliphatic heterocycles. The first-order valence-corrected chi connectivity index (χ1v) is 10.1. The Morgan fingerprint density at radius 1 is 1.14 bits per heavy atom. The molecular formula is C20H28N4O4S. The van der Waals surface area contributed by atoms with Gasteiger partial charge >= 0.3 is 5.97 Å². The van der Waals surface area contributed by atoms with Crippen molar-refractivity contribution in [3.05, 3.63) is 36.0 Å². The van der Waals surface area contributed by atoms with Gasteiger partial charge in [0.15, 0.2) is 0 Å². The first-order valence-electron chi connectivity index (χ1n) is 9.47. The average Bonchev–Trinajstić information content (AvgIpc) is 3.07. The summed E-state index contributed by atoms with van der Waals surface area (Å²) in [5.41, 5.74) is 7.96. The van der Waals surface area contributed by atoms with Gasteiger partial charge in [-0.1, -0.05) is 32.0 Å². The Bertz CT molecular complexity index is 867. The van der Waals surface area contributed by atoms with Gasteiger partial charge in [-0.15, -0.1) is 0 Å². The summed E-state index contributed by atoms with van der Waals surface area (Å²) in [7, 11) is 0. The van der Waals surface area contributed by atoms with E-state index >= 15 is 0 Å². The Labute approximate surface area is 175 Å². The Morgan fingerprint density at radius 3 is 2.41 bits per heavy atom. The molecule has 6 N–H and O–H groups in total. The van der Waals surface area contributed by atoms with Gasteiger partial charge < -0.3 is 26.5 Å². The second kappa shape index (κ2) is 10.3. The molecule has 3 atom stereocenters. The molecule has 0 aliphatic rings. The highest BCUT2D eigenvalue weighted by molar-refractivity contribution is 7.80. The smallest absolute Gasteiger partial charge is 0.327 e. The van der Waals surface area contributed by atoms with Crippen LogP contribution in [-0.2, 0) is 20.8 Å². The minimum absolute atomic E-state index is 0.0521. The maximum Gasteiger partial charge on any atom is 0.327 e. The van der Waals surface area contributed by atoms with Gasteiger partial charge in [-0.05, 0) is 30.4 Å². The highest BCUT2D eigenvalue weighted by atomic mass is 32.1. The van der Waals surface area contributed by atoms with Gasteiger partial charge in [0.25, 0.3) is 0 Å². The van der Waals surface area contributed by atoms with Gasteiger partial charge in [0.05, 0.1) is 6.04 Å². The Kier molecular flexibility index (Phi) is 8.10. The SMILES string of the molecule is CC(C)CC(NC(=O)C(N)Cc1c[nH]c2ccccc12)C(=O)NC(CS)C(=O)O. The summed E-state index contributed by atoms with van der Waals surface area (Å²) in [4.78, 5) is 39.5. The molecule has 3 unspecified atom stereocenters. The van der Waals surface area contributed by atoms with E-state index in [2.05, 4.69) is 28.2 Å². The van der Waals surface area contributed by atoms with Crippen LogP contribution in [0, 0.1) is 5.92 Å². The molecule has 2 aromatic rings. The number of fused-ring (bicyclic) bond motifs is 1. The second-order valence-electron chi connectivity index (χ2n) is 7.44. The monoisotopic (exact) mass is 420 g/mol. The molecule has 0 bridgehead atoms. The lowest BCUT2D eigenvalue weighted by molar-refractivity contribution is -0.141. The fourth-order valence-corrected chi connectivity index (χ4v) is 3.32. The number of nitrogens with two attached hydrogens (primary N) is 1. The molecule has 1 aromatic heterocycles. The molecule has 158 valence electrons. The Hall–Kier alpha value is -2.52. The predicted octanol–water partition coefficient (Wildman–Crippen LogP) is 1.07. The zero-order chi connectivity index (χ0) is 21.6. The van der Waals surface area contributed by atoms with Crippen molar-refractivity contribution in [2.45, 2.75) is 44.8 Å². The maximum absolute atomic E-state index is 12.6. The number of rotatable bonds is 10. The molecule has 0 saturated heterocycles. The van der Waals surface area contributed by atoms with Crippen molar-refractivity contribution < 1.29 is 19.5 Å². The number of hydrogen-bond donors (Lipinski definition) is 6. The van der Waals surface area contributed by atoms with Crippen molar-refractivity contribution in [2.24, 2.45) is 11.7 Å². The van der Waals surface area contributed by atoms with E-state index in [1.807, 2.05) is 44.3 Å². The first-order chi connectivity index (χ1) is 13.7. The number of H-pyrrole nitrogens is 1. The van der Waals surface area contributed by atoms with Crippen LogP contribution in [0.5, 0.6) is 0 Å². The normalized spacial score (nSPS) is 14.4.